The molecule has 0 radical (unpaired) electrons. The summed E-state index contributed by atoms with van der Waals surface area (Å²) < 4.78 is 18.6. The lowest BCUT2D eigenvalue weighted by Gasteiger charge is -2.33. The summed E-state index contributed by atoms with van der Waals surface area (Å²) in [5.74, 6) is 0. The van der Waals surface area contributed by atoms with Gasteiger partial charge in [0.1, 0.15) is 0 Å². The summed E-state index contributed by atoms with van der Waals surface area (Å²) in [5, 5.41) is 1.30. The summed E-state index contributed by atoms with van der Waals surface area (Å²) in [6.45, 7) is 15.0. The number of hydrogen-bond acceptors (Lipinski definition) is 3. The molecule has 0 saturated heterocycles. The number of benzene rings is 1. The molecule has 0 atom stereocenters. The van der Waals surface area contributed by atoms with Crippen LogP contribution in [0.3, 0.4) is 0 Å². The van der Waals surface area contributed by atoms with Gasteiger partial charge in [0.15, 0.2) is 0 Å². The van der Waals surface area contributed by atoms with Crippen molar-refractivity contribution >= 4 is 16.9 Å². The van der Waals surface area contributed by atoms with Crippen LogP contribution in [0.4, 0.5) is 0 Å². The van der Waals surface area contributed by atoms with Crippen molar-refractivity contribution in [3.8, 4) is 0 Å². The third-order valence-corrected chi connectivity index (χ3v) is 10.2. The molecule has 0 spiro atoms. The van der Waals surface area contributed by atoms with Crippen LogP contribution < -0.4 is 0 Å². The quantitative estimate of drug-likeness (QED) is 0.400. The normalized spacial score (nSPS) is 13.2. The highest BCUT2D eigenvalue weighted by Crippen LogP contribution is 2.28. The zero-order chi connectivity index (χ0) is 19.5. The third-order valence-electron chi connectivity index (χ3n) is 4.26. The summed E-state index contributed by atoms with van der Waals surface area (Å²) in [7, 11) is -4.41. The Morgan fingerprint density at radius 1 is 0.885 bits per heavy atom. The van der Waals surface area contributed by atoms with E-state index in [0.717, 1.165) is 25.3 Å². The molecule has 0 saturated carbocycles. The molecular weight excluding hydrogens is 356 g/mol. The minimum atomic E-state index is -2.79. The van der Waals surface area contributed by atoms with E-state index >= 15 is 0 Å². The molecule has 3 nitrogen and oxygen atoms in total. The molecule has 0 fully saturated rings. The van der Waals surface area contributed by atoms with Gasteiger partial charge in [-0.1, -0.05) is 68.0 Å². The van der Waals surface area contributed by atoms with E-state index < -0.39 is 16.9 Å². The highest BCUT2D eigenvalue weighted by molar-refractivity contribution is 6.84. The molecule has 1 rings (SSSR count). The molecule has 26 heavy (non-hydrogen) atoms. The van der Waals surface area contributed by atoms with Crippen LogP contribution in [0.2, 0.25) is 13.1 Å². The second-order valence-electron chi connectivity index (χ2n) is 7.28. The van der Waals surface area contributed by atoms with Crippen molar-refractivity contribution in [1.29, 1.82) is 0 Å². The maximum absolute atomic E-state index is 6.21. The molecule has 1 aromatic carbocycles. The molecule has 0 unspecified atom stereocenters. The second kappa shape index (κ2) is 11.9. The van der Waals surface area contributed by atoms with Crippen molar-refractivity contribution in [2.45, 2.75) is 66.1 Å². The van der Waals surface area contributed by atoms with Crippen LogP contribution >= 0.6 is 0 Å². The van der Waals surface area contributed by atoms with E-state index in [9.17, 15) is 0 Å². The van der Waals surface area contributed by atoms with Gasteiger partial charge in [-0.3, -0.25) is 0 Å². The number of rotatable bonds is 13. The number of allylic oxidation sites excluding steroid dienone is 1. The predicted molar refractivity (Wildman–Crippen MR) is 116 cm³/mol. The summed E-state index contributed by atoms with van der Waals surface area (Å²) in [5.41, 5.74) is 3.93. The van der Waals surface area contributed by atoms with Gasteiger partial charge in [0, 0.05) is 19.8 Å². The van der Waals surface area contributed by atoms with Crippen molar-refractivity contribution in [3.63, 3.8) is 0 Å². The molecule has 0 heterocycles. The number of hydrogen-bond donors (Lipinski definition) is 0. The Hall–Kier alpha value is -0.726. The standard InChI is InChI=1S/C21H38O3Si2/c1-7-11-17-21(26(22-8-2,23-9-3)24-10-4)19-25(5,6)18-20-15-13-12-14-16-20/h12-16,19H,7-11,17-18H2,1-6H3/b21-19+. The predicted octanol–water partition coefficient (Wildman–Crippen LogP) is 5.72. The van der Waals surface area contributed by atoms with E-state index in [2.05, 4.69) is 56.0 Å². The Morgan fingerprint density at radius 3 is 1.88 bits per heavy atom. The Labute approximate surface area is 163 Å². The Bertz CT molecular complexity index is 512. The summed E-state index contributed by atoms with van der Waals surface area (Å²) >= 11 is 0. The van der Waals surface area contributed by atoms with Crippen molar-refractivity contribution in [2.75, 3.05) is 19.8 Å². The molecule has 5 heteroatoms. The second-order valence-corrected chi connectivity index (χ2v) is 14.5. The first-order valence-corrected chi connectivity index (χ1v) is 15.1. The first-order valence-electron chi connectivity index (χ1n) is 10.1. The lowest BCUT2D eigenvalue weighted by Crippen LogP contribution is -2.49. The van der Waals surface area contributed by atoms with Crippen molar-refractivity contribution < 1.29 is 13.3 Å². The largest absolute Gasteiger partial charge is 0.532 e. The van der Waals surface area contributed by atoms with Crippen LogP contribution in [-0.4, -0.2) is 36.7 Å². The van der Waals surface area contributed by atoms with Gasteiger partial charge < -0.3 is 13.3 Å². The average molecular weight is 395 g/mol. The summed E-state index contributed by atoms with van der Waals surface area (Å²) in [4.78, 5) is 0. The van der Waals surface area contributed by atoms with E-state index in [-0.39, 0.29) is 0 Å². The maximum Gasteiger partial charge on any atom is 0.532 e. The van der Waals surface area contributed by atoms with Gasteiger partial charge in [0.05, 0.1) is 8.07 Å². The van der Waals surface area contributed by atoms with E-state index in [0.29, 0.717) is 19.8 Å². The van der Waals surface area contributed by atoms with Gasteiger partial charge in [0.25, 0.3) is 0 Å². The van der Waals surface area contributed by atoms with E-state index in [1.165, 1.54) is 10.8 Å². The van der Waals surface area contributed by atoms with Crippen molar-refractivity contribution in [2.24, 2.45) is 0 Å². The van der Waals surface area contributed by atoms with Gasteiger partial charge >= 0.3 is 8.80 Å². The maximum atomic E-state index is 6.21. The molecule has 0 aliphatic rings. The summed E-state index contributed by atoms with van der Waals surface area (Å²) in [6.07, 6.45) is 3.31. The third kappa shape index (κ3) is 7.49. The van der Waals surface area contributed by atoms with Crippen LogP contribution in [0.5, 0.6) is 0 Å². The number of unbranched alkanes of at least 4 members (excludes halogenated alkanes) is 1. The minimum Gasteiger partial charge on any atom is -0.371 e. The average Bonchev–Trinajstić information content (AvgIpc) is 2.59. The molecule has 0 aliphatic heterocycles. The molecule has 0 bridgehead atoms. The zero-order valence-corrected chi connectivity index (χ0v) is 19.6. The first kappa shape index (κ1) is 23.3. The SMILES string of the molecule is CCCC/C(=C\[Si](C)(C)Cc1ccccc1)[Si](OCC)(OCC)OCC. The van der Waals surface area contributed by atoms with Gasteiger partial charge in [-0.15, -0.1) is 0 Å². The van der Waals surface area contributed by atoms with Crippen LogP contribution in [-0.2, 0) is 19.3 Å². The van der Waals surface area contributed by atoms with E-state index in [1.807, 2.05) is 20.8 Å². The Balaban J connectivity index is 3.22. The van der Waals surface area contributed by atoms with E-state index in [1.54, 1.807) is 0 Å². The zero-order valence-electron chi connectivity index (χ0n) is 17.6. The topological polar surface area (TPSA) is 27.7 Å². The fraction of sp³-hybridized carbons (Fsp3) is 0.619. The van der Waals surface area contributed by atoms with Crippen molar-refractivity contribution in [3.05, 3.63) is 46.8 Å². The van der Waals surface area contributed by atoms with Crippen molar-refractivity contribution in [1.82, 2.24) is 0 Å². The molecule has 1 aromatic rings. The van der Waals surface area contributed by atoms with Gasteiger partial charge in [0.2, 0.25) is 0 Å². The van der Waals surface area contributed by atoms with E-state index in [4.69, 9.17) is 13.3 Å². The lowest BCUT2D eigenvalue weighted by atomic mass is 10.2. The highest BCUT2D eigenvalue weighted by atomic mass is 28.4. The molecule has 0 aliphatic carbocycles. The fourth-order valence-corrected chi connectivity index (χ4v) is 10.1. The van der Waals surface area contributed by atoms with Crippen LogP contribution in [0.25, 0.3) is 0 Å². The molecular formula is C21H38O3Si2. The van der Waals surface area contributed by atoms with Gasteiger partial charge in [-0.05, 0) is 44.9 Å². The first-order chi connectivity index (χ1) is 12.4. The smallest absolute Gasteiger partial charge is 0.371 e. The lowest BCUT2D eigenvalue weighted by molar-refractivity contribution is 0.0797. The minimum absolute atomic E-state index is 0.621. The molecule has 0 N–H and O–H groups in total. The molecule has 0 aromatic heterocycles. The fourth-order valence-electron chi connectivity index (χ4n) is 3.30. The highest BCUT2D eigenvalue weighted by Gasteiger charge is 2.45. The van der Waals surface area contributed by atoms with Gasteiger partial charge in [-0.2, -0.15) is 0 Å². The van der Waals surface area contributed by atoms with Crippen LogP contribution in [0.15, 0.2) is 41.2 Å². The van der Waals surface area contributed by atoms with Crippen LogP contribution in [0.1, 0.15) is 52.5 Å². The molecule has 148 valence electrons. The van der Waals surface area contributed by atoms with Crippen LogP contribution in [0, 0.1) is 0 Å². The summed E-state index contributed by atoms with van der Waals surface area (Å²) in [6, 6.07) is 11.9. The van der Waals surface area contributed by atoms with Gasteiger partial charge in [-0.25, -0.2) is 0 Å². The Kier molecular flexibility index (Phi) is 10.6. The Morgan fingerprint density at radius 2 is 1.42 bits per heavy atom. The molecule has 0 amide bonds. The monoisotopic (exact) mass is 394 g/mol.